The monoisotopic (exact) mass is 268 g/mol. The van der Waals surface area contributed by atoms with Gasteiger partial charge in [-0.2, -0.15) is 5.10 Å². The maximum atomic E-state index is 12.2. The molecule has 1 atom stereocenters. The van der Waals surface area contributed by atoms with Crippen molar-refractivity contribution in [3.8, 4) is 0 Å². The summed E-state index contributed by atoms with van der Waals surface area (Å²) < 4.78 is 6.90. The van der Waals surface area contributed by atoms with Crippen molar-refractivity contribution in [2.24, 2.45) is 0 Å². The number of nitrogens with one attached hydrogen (secondary N) is 1. The molecule has 0 saturated carbocycles. The van der Waals surface area contributed by atoms with Gasteiger partial charge in [-0.05, 0) is 41.5 Å². The molecule has 1 N–H and O–H groups in total. The predicted molar refractivity (Wildman–Crippen MR) is 72.8 cm³/mol. The third-order valence-electron chi connectivity index (χ3n) is 2.76. The SMILES string of the molecule is CCOC(=O)C(C)(Cn1nc(C)nc1C)NC(C)C. The van der Waals surface area contributed by atoms with Crippen LogP contribution in [0.25, 0.3) is 0 Å². The number of esters is 1. The van der Waals surface area contributed by atoms with Gasteiger partial charge in [0.25, 0.3) is 0 Å². The number of aromatic nitrogens is 3. The minimum Gasteiger partial charge on any atom is -0.465 e. The van der Waals surface area contributed by atoms with E-state index in [0.29, 0.717) is 19.0 Å². The van der Waals surface area contributed by atoms with Crippen LogP contribution in [0.2, 0.25) is 0 Å². The Morgan fingerprint density at radius 3 is 2.53 bits per heavy atom. The number of aryl methyl sites for hydroxylation is 2. The number of hydrogen-bond donors (Lipinski definition) is 1. The Balaban J connectivity index is 2.97. The molecule has 0 amide bonds. The Morgan fingerprint density at radius 1 is 1.47 bits per heavy atom. The minimum absolute atomic E-state index is 0.166. The number of nitrogens with zero attached hydrogens (tertiary/aromatic N) is 3. The summed E-state index contributed by atoms with van der Waals surface area (Å²) in [7, 11) is 0. The van der Waals surface area contributed by atoms with Crippen LogP contribution in [0.5, 0.6) is 0 Å². The van der Waals surface area contributed by atoms with Gasteiger partial charge in [0, 0.05) is 6.04 Å². The molecule has 6 nitrogen and oxygen atoms in total. The lowest BCUT2D eigenvalue weighted by Gasteiger charge is -2.30. The Bertz CT molecular complexity index is 442. The summed E-state index contributed by atoms with van der Waals surface area (Å²) in [5, 5.41) is 7.57. The predicted octanol–water partition coefficient (Wildman–Crippen LogP) is 1.21. The molecule has 0 fully saturated rings. The van der Waals surface area contributed by atoms with Crippen molar-refractivity contribution in [1.29, 1.82) is 0 Å². The van der Waals surface area contributed by atoms with E-state index in [1.165, 1.54) is 0 Å². The number of carbonyl (C=O) groups excluding carboxylic acids is 1. The van der Waals surface area contributed by atoms with E-state index in [2.05, 4.69) is 15.4 Å². The van der Waals surface area contributed by atoms with Gasteiger partial charge in [-0.1, -0.05) is 0 Å². The van der Waals surface area contributed by atoms with Crippen LogP contribution in [0.1, 0.15) is 39.3 Å². The first-order chi connectivity index (χ1) is 8.78. The van der Waals surface area contributed by atoms with Crippen molar-refractivity contribution < 1.29 is 9.53 Å². The van der Waals surface area contributed by atoms with E-state index in [9.17, 15) is 4.79 Å². The molecule has 1 heterocycles. The summed E-state index contributed by atoms with van der Waals surface area (Å²) in [5.74, 6) is 1.23. The second-order valence-corrected chi connectivity index (χ2v) is 5.22. The molecule has 0 spiro atoms. The first-order valence-corrected chi connectivity index (χ1v) is 6.61. The molecule has 0 aliphatic heterocycles. The third kappa shape index (κ3) is 4.02. The fourth-order valence-electron chi connectivity index (χ4n) is 2.11. The van der Waals surface area contributed by atoms with Gasteiger partial charge in [-0.3, -0.25) is 5.32 Å². The maximum Gasteiger partial charge on any atom is 0.327 e. The summed E-state index contributed by atoms with van der Waals surface area (Å²) >= 11 is 0. The van der Waals surface area contributed by atoms with E-state index in [4.69, 9.17) is 4.74 Å². The zero-order valence-electron chi connectivity index (χ0n) is 12.6. The van der Waals surface area contributed by atoms with Crippen LogP contribution < -0.4 is 5.32 Å². The fourth-order valence-corrected chi connectivity index (χ4v) is 2.11. The lowest BCUT2D eigenvalue weighted by Crippen LogP contribution is -2.56. The Morgan fingerprint density at radius 2 is 2.11 bits per heavy atom. The highest BCUT2D eigenvalue weighted by molar-refractivity contribution is 5.80. The molecular weight excluding hydrogens is 244 g/mol. The average molecular weight is 268 g/mol. The fraction of sp³-hybridized carbons (Fsp3) is 0.769. The van der Waals surface area contributed by atoms with Crippen LogP contribution >= 0.6 is 0 Å². The molecule has 0 aliphatic rings. The number of ether oxygens (including phenoxy) is 1. The average Bonchev–Trinajstić information content (AvgIpc) is 2.56. The van der Waals surface area contributed by atoms with Crippen molar-refractivity contribution in [1.82, 2.24) is 20.1 Å². The van der Waals surface area contributed by atoms with E-state index in [0.717, 1.165) is 5.82 Å². The first kappa shape index (κ1) is 15.6. The largest absolute Gasteiger partial charge is 0.465 e. The van der Waals surface area contributed by atoms with E-state index in [1.54, 1.807) is 11.6 Å². The van der Waals surface area contributed by atoms with Crippen molar-refractivity contribution >= 4 is 5.97 Å². The van der Waals surface area contributed by atoms with Gasteiger partial charge in [-0.25, -0.2) is 14.5 Å². The molecule has 1 rings (SSSR count). The van der Waals surface area contributed by atoms with Crippen LogP contribution in [0.15, 0.2) is 0 Å². The number of rotatable bonds is 6. The zero-order valence-corrected chi connectivity index (χ0v) is 12.6. The minimum atomic E-state index is -0.810. The van der Waals surface area contributed by atoms with E-state index >= 15 is 0 Å². The molecule has 1 aromatic rings. The van der Waals surface area contributed by atoms with Crippen LogP contribution in [0.3, 0.4) is 0 Å². The molecule has 1 aromatic heterocycles. The van der Waals surface area contributed by atoms with Crippen LogP contribution in [-0.4, -0.2) is 38.9 Å². The van der Waals surface area contributed by atoms with Gasteiger partial charge >= 0.3 is 5.97 Å². The molecule has 6 heteroatoms. The Hall–Kier alpha value is -1.43. The molecule has 0 radical (unpaired) electrons. The van der Waals surface area contributed by atoms with Crippen molar-refractivity contribution in [2.45, 2.75) is 59.7 Å². The van der Waals surface area contributed by atoms with Crippen molar-refractivity contribution in [2.75, 3.05) is 6.61 Å². The smallest absolute Gasteiger partial charge is 0.327 e. The standard InChI is InChI=1S/C13H24N4O2/c1-7-19-12(18)13(6,15-9(2)3)8-17-11(5)14-10(4)16-17/h9,15H,7-8H2,1-6H3. The highest BCUT2D eigenvalue weighted by Gasteiger charge is 2.36. The summed E-state index contributed by atoms with van der Waals surface area (Å²) in [6, 6.07) is 0.166. The summed E-state index contributed by atoms with van der Waals surface area (Å²) in [6.07, 6.45) is 0. The summed E-state index contributed by atoms with van der Waals surface area (Å²) in [5.41, 5.74) is -0.810. The van der Waals surface area contributed by atoms with Gasteiger partial charge < -0.3 is 4.74 Å². The number of carbonyl (C=O) groups is 1. The van der Waals surface area contributed by atoms with E-state index in [1.807, 2.05) is 34.6 Å². The van der Waals surface area contributed by atoms with Crippen LogP contribution in [0, 0.1) is 13.8 Å². The molecule has 0 saturated heterocycles. The molecule has 0 aromatic carbocycles. The van der Waals surface area contributed by atoms with E-state index in [-0.39, 0.29) is 12.0 Å². The quantitative estimate of drug-likeness (QED) is 0.785. The van der Waals surface area contributed by atoms with Gasteiger partial charge in [0.15, 0.2) is 0 Å². The highest BCUT2D eigenvalue weighted by Crippen LogP contribution is 2.13. The van der Waals surface area contributed by atoms with Crippen molar-refractivity contribution in [3.05, 3.63) is 11.6 Å². The topological polar surface area (TPSA) is 69.0 Å². The van der Waals surface area contributed by atoms with Crippen LogP contribution in [0.4, 0.5) is 0 Å². The number of hydrogen-bond acceptors (Lipinski definition) is 5. The molecular formula is C13H24N4O2. The second kappa shape index (κ2) is 6.14. The molecule has 0 aliphatic carbocycles. The lowest BCUT2D eigenvalue weighted by molar-refractivity contribution is -0.151. The van der Waals surface area contributed by atoms with Gasteiger partial charge in [0.2, 0.25) is 0 Å². The Kier molecular flexibility index (Phi) is 5.05. The van der Waals surface area contributed by atoms with Gasteiger partial charge in [-0.15, -0.1) is 0 Å². The zero-order chi connectivity index (χ0) is 14.6. The Labute approximate surface area is 114 Å². The molecule has 19 heavy (non-hydrogen) atoms. The lowest BCUT2D eigenvalue weighted by atomic mass is 10.0. The second-order valence-electron chi connectivity index (χ2n) is 5.22. The molecule has 1 unspecified atom stereocenters. The molecule has 108 valence electrons. The molecule has 0 bridgehead atoms. The summed E-state index contributed by atoms with van der Waals surface area (Å²) in [4.78, 5) is 16.4. The summed E-state index contributed by atoms with van der Waals surface area (Å²) in [6.45, 7) is 12.1. The normalized spacial score (nSPS) is 14.5. The third-order valence-corrected chi connectivity index (χ3v) is 2.76. The first-order valence-electron chi connectivity index (χ1n) is 6.61. The van der Waals surface area contributed by atoms with Crippen LogP contribution in [-0.2, 0) is 16.1 Å². The highest BCUT2D eigenvalue weighted by atomic mass is 16.5. The van der Waals surface area contributed by atoms with Gasteiger partial charge in [0.05, 0.1) is 13.2 Å². The maximum absolute atomic E-state index is 12.2. The van der Waals surface area contributed by atoms with Crippen molar-refractivity contribution in [3.63, 3.8) is 0 Å². The van der Waals surface area contributed by atoms with E-state index < -0.39 is 5.54 Å². The van der Waals surface area contributed by atoms with Gasteiger partial charge in [0.1, 0.15) is 17.2 Å².